The fourth-order valence-electron chi connectivity index (χ4n) is 2.56. The Balaban J connectivity index is 1.63. The highest BCUT2D eigenvalue weighted by molar-refractivity contribution is 8.26. The van der Waals surface area contributed by atoms with Crippen LogP contribution in [0.5, 0.6) is 5.75 Å². The fourth-order valence-corrected chi connectivity index (χ4v) is 3.99. The zero-order valence-electron chi connectivity index (χ0n) is 15.2. The number of nitrogens with zero attached hydrogens (tertiary/aromatic N) is 2. The number of nitro groups is 1. The predicted octanol–water partition coefficient (Wildman–Crippen LogP) is 3.55. The molecule has 0 radical (unpaired) electrons. The topological polar surface area (TPSA) is 116 Å². The van der Waals surface area contributed by atoms with Gasteiger partial charge in [-0.05, 0) is 23.8 Å². The number of non-ortho nitro benzene ring substituents is 1. The Hall–Kier alpha value is -2.95. The number of amides is 2. The lowest BCUT2D eigenvalue weighted by Crippen LogP contribution is -2.31. The van der Waals surface area contributed by atoms with E-state index in [2.05, 4.69) is 5.32 Å². The van der Waals surface area contributed by atoms with Gasteiger partial charge in [-0.15, -0.1) is 0 Å². The number of hydrogen-bond acceptors (Lipinski definition) is 7. The predicted molar refractivity (Wildman–Crippen MR) is 117 cm³/mol. The third kappa shape index (κ3) is 5.15. The number of anilines is 1. The van der Waals surface area contributed by atoms with Crippen LogP contribution in [0.2, 0.25) is 5.02 Å². The molecule has 2 aromatic carbocycles. The van der Waals surface area contributed by atoms with E-state index in [0.717, 1.165) is 35.5 Å². The molecule has 2 aromatic rings. The molecule has 1 saturated heterocycles. The molecule has 0 unspecified atom stereocenters. The molecule has 1 aliphatic rings. The second-order valence-corrected chi connectivity index (χ2v) is 8.23. The average molecular weight is 463 g/mol. The Morgan fingerprint density at radius 1 is 1.27 bits per heavy atom. The van der Waals surface area contributed by atoms with Gasteiger partial charge in [0.2, 0.25) is 5.91 Å². The van der Waals surface area contributed by atoms with Crippen molar-refractivity contribution < 1.29 is 19.6 Å². The number of nitro benzene ring substituents is 1. The van der Waals surface area contributed by atoms with Crippen molar-refractivity contribution in [3.05, 3.63) is 68.1 Å². The Kier molecular flexibility index (Phi) is 6.70. The van der Waals surface area contributed by atoms with E-state index in [4.69, 9.17) is 23.8 Å². The molecule has 0 atom stereocenters. The highest BCUT2D eigenvalue weighted by atomic mass is 35.5. The number of carbonyl (C=O) groups is 2. The minimum atomic E-state index is -0.664. The number of carbonyl (C=O) groups excluding carboxylic acids is 2. The van der Waals surface area contributed by atoms with Crippen LogP contribution in [0.15, 0.2) is 47.4 Å². The third-order valence-electron chi connectivity index (χ3n) is 4.05. The molecule has 1 fully saturated rings. The summed E-state index contributed by atoms with van der Waals surface area (Å²) < 4.78 is 0.313. The van der Waals surface area contributed by atoms with Gasteiger partial charge in [-0.1, -0.05) is 59.5 Å². The highest BCUT2D eigenvalue weighted by Crippen LogP contribution is 2.33. The molecule has 154 valence electrons. The smallest absolute Gasteiger partial charge is 0.271 e. The summed E-state index contributed by atoms with van der Waals surface area (Å²) in [5.74, 6) is -1.44. The highest BCUT2D eigenvalue weighted by Gasteiger charge is 2.32. The van der Waals surface area contributed by atoms with Crippen LogP contribution >= 0.6 is 35.6 Å². The Bertz CT molecular complexity index is 1070. The van der Waals surface area contributed by atoms with Crippen LogP contribution in [0, 0.1) is 10.1 Å². The molecule has 30 heavy (non-hydrogen) atoms. The van der Waals surface area contributed by atoms with E-state index < -0.39 is 16.6 Å². The molecule has 0 bridgehead atoms. The van der Waals surface area contributed by atoms with Crippen molar-refractivity contribution in [1.82, 2.24) is 4.90 Å². The Labute approximate surface area is 185 Å². The summed E-state index contributed by atoms with van der Waals surface area (Å²) in [4.78, 5) is 36.7. The van der Waals surface area contributed by atoms with Crippen LogP contribution in [-0.4, -0.2) is 32.5 Å². The number of thiocarbonyl (C=S) groups is 1. The van der Waals surface area contributed by atoms with E-state index >= 15 is 0 Å². The van der Waals surface area contributed by atoms with Crippen molar-refractivity contribution in [3.63, 3.8) is 0 Å². The second kappa shape index (κ2) is 9.24. The van der Waals surface area contributed by atoms with Crippen molar-refractivity contribution >= 4 is 69.2 Å². The van der Waals surface area contributed by atoms with Gasteiger partial charge < -0.3 is 10.4 Å². The van der Waals surface area contributed by atoms with Crippen LogP contribution in [0.3, 0.4) is 0 Å². The zero-order chi connectivity index (χ0) is 21.8. The molecule has 8 nitrogen and oxygen atoms in total. The molecule has 11 heteroatoms. The van der Waals surface area contributed by atoms with Gasteiger partial charge in [0.25, 0.3) is 11.6 Å². The van der Waals surface area contributed by atoms with E-state index in [9.17, 15) is 24.8 Å². The van der Waals surface area contributed by atoms with Crippen LogP contribution in [-0.2, 0) is 9.59 Å². The van der Waals surface area contributed by atoms with Gasteiger partial charge in [-0.25, -0.2) is 0 Å². The first-order valence-corrected chi connectivity index (χ1v) is 10.1. The normalized spacial score (nSPS) is 15.0. The van der Waals surface area contributed by atoms with Crippen molar-refractivity contribution in [2.45, 2.75) is 6.42 Å². The van der Waals surface area contributed by atoms with Gasteiger partial charge in [-0.2, -0.15) is 0 Å². The van der Waals surface area contributed by atoms with Crippen molar-refractivity contribution in [2.75, 3.05) is 11.9 Å². The van der Waals surface area contributed by atoms with Gasteiger partial charge in [0, 0.05) is 35.8 Å². The number of rotatable bonds is 6. The molecule has 0 saturated carbocycles. The number of nitrogens with one attached hydrogen (secondary N) is 1. The summed E-state index contributed by atoms with van der Waals surface area (Å²) in [5, 5.41) is 25.5. The molecule has 0 aliphatic carbocycles. The lowest BCUT2D eigenvalue weighted by molar-refractivity contribution is -0.385. The Morgan fingerprint density at radius 2 is 1.97 bits per heavy atom. The quantitative estimate of drug-likeness (QED) is 0.302. The summed E-state index contributed by atoms with van der Waals surface area (Å²) in [6.45, 7) is 0.0115. The van der Waals surface area contributed by atoms with Gasteiger partial charge in [-0.3, -0.25) is 24.6 Å². The van der Waals surface area contributed by atoms with E-state index in [1.165, 1.54) is 4.90 Å². The van der Waals surface area contributed by atoms with E-state index in [0.29, 0.717) is 14.2 Å². The SMILES string of the molecule is O=C(CCN1C(=O)/C(=C/c2ccc(Cl)cc2)SC1=S)Nc1cc([N+](=O)[O-])ccc1[O-]. The maximum atomic E-state index is 12.6. The van der Waals surface area contributed by atoms with Crippen molar-refractivity contribution in [1.29, 1.82) is 0 Å². The van der Waals surface area contributed by atoms with Crippen molar-refractivity contribution in [3.8, 4) is 5.75 Å². The van der Waals surface area contributed by atoms with Crippen LogP contribution in [0.4, 0.5) is 11.4 Å². The number of benzene rings is 2. The Morgan fingerprint density at radius 3 is 2.63 bits per heavy atom. The summed E-state index contributed by atoms with van der Waals surface area (Å²) >= 11 is 12.2. The number of thioether (sulfide) groups is 1. The largest absolute Gasteiger partial charge is 0.871 e. The zero-order valence-corrected chi connectivity index (χ0v) is 17.6. The van der Waals surface area contributed by atoms with E-state index in [-0.39, 0.29) is 30.2 Å². The number of hydrogen-bond donors (Lipinski definition) is 1. The molecule has 1 heterocycles. The summed E-state index contributed by atoms with van der Waals surface area (Å²) in [6, 6.07) is 10.0. The van der Waals surface area contributed by atoms with E-state index in [1.54, 1.807) is 30.3 Å². The molecule has 1 aliphatic heterocycles. The number of halogens is 1. The molecular weight excluding hydrogens is 450 g/mol. The lowest BCUT2D eigenvalue weighted by atomic mass is 10.2. The van der Waals surface area contributed by atoms with Crippen LogP contribution in [0.25, 0.3) is 6.08 Å². The summed E-state index contributed by atoms with van der Waals surface area (Å²) in [6.07, 6.45) is 1.55. The summed E-state index contributed by atoms with van der Waals surface area (Å²) in [7, 11) is 0. The van der Waals surface area contributed by atoms with Gasteiger partial charge in [0.1, 0.15) is 4.32 Å². The average Bonchev–Trinajstić information content (AvgIpc) is 2.96. The van der Waals surface area contributed by atoms with Crippen LogP contribution < -0.4 is 10.4 Å². The van der Waals surface area contributed by atoms with Crippen molar-refractivity contribution in [2.24, 2.45) is 0 Å². The molecule has 1 N–H and O–H groups in total. The molecule has 2 amide bonds. The molecule has 0 aromatic heterocycles. The standard InChI is InChI=1S/C19H14ClN3O5S2/c20-12-3-1-11(2-4-12)9-16-18(26)22(19(29)30-16)8-7-17(25)21-14-10-13(23(27)28)5-6-15(14)24/h1-6,9-10,24H,7-8H2,(H,21,25)/p-1/b16-9-. The summed E-state index contributed by atoms with van der Waals surface area (Å²) in [5.41, 5.74) is 0.280. The third-order valence-corrected chi connectivity index (χ3v) is 5.68. The molecule has 3 rings (SSSR count). The first kappa shape index (κ1) is 21.8. The minimum Gasteiger partial charge on any atom is -0.871 e. The maximum absolute atomic E-state index is 12.6. The minimum absolute atomic E-state index is 0.0115. The maximum Gasteiger partial charge on any atom is 0.271 e. The van der Waals surface area contributed by atoms with Gasteiger partial charge >= 0.3 is 0 Å². The first-order chi connectivity index (χ1) is 14.2. The molecule has 0 spiro atoms. The lowest BCUT2D eigenvalue weighted by Gasteiger charge is -2.16. The van der Waals surface area contributed by atoms with Gasteiger partial charge in [0.15, 0.2) is 0 Å². The molecular formula is C19H13ClN3O5S2-. The van der Waals surface area contributed by atoms with Gasteiger partial charge in [0.05, 0.1) is 9.83 Å². The first-order valence-electron chi connectivity index (χ1n) is 8.51. The van der Waals surface area contributed by atoms with Crippen LogP contribution in [0.1, 0.15) is 12.0 Å². The van der Waals surface area contributed by atoms with E-state index in [1.807, 2.05) is 0 Å². The fraction of sp³-hybridized carbons (Fsp3) is 0.105. The second-order valence-electron chi connectivity index (χ2n) is 6.12. The monoisotopic (exact) mass is 462 g/mol.